The fourth-order valence-corrected chi connectivity index (χ4v) is 2.89. The van der Waals surface area contributed by atoms with Gasteiger partial charge in [0.1, 0.15) is 13.7 Å². The summed E-state index contributed by atoms with van der Waals surface area (Å²) in [7, 11) is 5.59. The van der Waals surface area contributed by atoms with Gasteiger partial charge in [0, 0.05) is 6.04 Å². The van der Waals surface area contributed by atoms with E-state index in [-0.39, 0.29) is 23.0 Å². The van der Waals surface area contributed by atoms with Gasteiger partial charge in [0.15, 0.2) is 5.69 Å². The summed E-state index contributed by atoms with van der Waals surface area (Å²) < 4.78 is 24.2. The van der Waals surface area contributed by atoms with Crippen LogP contribution in [0.5, 0.6) is 0 Å². The molecule has 2 radical (unpaired) electrons. The number of piperidine rings is 1. The SMILES string of the molecule is [B]c1cc(-n2c(-c3nonc3NC3CCNCC3)noc2=O)ccc1F. The lowest BCUT2D eigenvalue weighted by Gasteiger charge is -2.23. The molecule has 0 amide bonds. The number of hydrogen-bond donors (Lipinski definition) is 2. The molecule has 1 saturated heterocycles. The predicted octanol–water partition coefficient (Wildman–Crippen LogP) is -0.0277. The van der Waals surface area contributed by atoms with Gasteiger partial charge in [-0.05, 0) is 54.4 Å². The molecule has 0 unspecified atom stereocenters. The van der Waals surface area contributed by atoms with E-state index in [2.05, 4.69) is 26.1 Å². The zero-order valence-corrected chi connectivity index (χ0v) is 13.6. The molecule has 2 aromatic heterocycles. The fraction of sp³-hybridized carbons (Fsp3) is 0.333. The van der Waals surface area contributed by atoms with Crippen molar-refractivity contribution in [1.82, 2.24) is 25.4 Å². The molecule has 0 spiro atoms. The Kier molecular flexibility index (Phi) is 4.29. The van der Waals surface area contributed by atoms with E-state index in [4.69, 9.17) is 17.0 Å². The number of rotatable bonds is 4. The van der Waals surface area contributed by atoms with Crippen LogP contribution in [0, 0.1) is 5.82 Å². The van der Waals surface area contributed by atoms with E-state index in [1.165, 1.54) is 12.1 Å². The van der Waals surface area contributed by atoms with Gasteiger partial charge in [-0.25, -0.2) is 18.4 Å². The van der Waals surface area contributed by atoms with Crippen molar-refractivity contribution in [3.05, 3.63) is 34.6 Å². The molecule has 9 nitrogen and oxygen atoms in total. The van der Waals surface area contributed by atoms with Gasteiger partial charge in [-0.1, -0.05) is 10.6 Å². The minimum atomic E-state index is -0.762. The first-order chi connectivity index (χ1) is 12.6. The molecule has 1 fully saturated rings. The van der Waals surface area contributed by atoms with Crippen LogP contribution >= 0.6 is 0 Å². The lowest BCUT2D eigenvalue weighted by atomic mass is 9.95. The van der Waals surface area contributed by atoms with Gasteiger partial charge < -0.3 is 10.6 Å². The van der Waals surface area contributed by atoms with Crippen molar-refractivity contribution in [2.45, 2.75) is 18.9 Å². The highest BCUT2D eigenvalue weighted by molar-refractivity contribution is 6.32. The summed E-state index contributed by atoms with van der Waals surface area (Å²) >= 11 is 0. The molecule has 0 bridgehead atoms. The zero-order valence-electron chi connectivity index (χ0n) is 13.6. The zero-order chi connectivity index (χ0) is 18.1. The first-order valence-electron chi connectivity index (χ1n) is 8.08. The molecular weight excluding hydrogens is 342 g/mol. The molecule has 3 aromatic rings. The lowest BCUT2D eigenvalue weighted by Crippen LogP contribution is -2.35. The first kappa shape index (κ1) is 16.5. The molecule has 1 aliphatic rings. The molecule has 11 heteroatoms. The Morgan fingerprint density at radius 1 is 1.27 bits per heavy atom. The monoisotopic (exact) mass is 356 g/mol. The fourth-order valence-electron chi connectivity index (χ4n) is 2.89. The number of nitrogens with zero attached hydrogens (tertiary/aromatic N) is 4. The van der Waals surface area contributed by atoms with E-state index in [1.807, 2.05) is 0 Å². The highest BCUT2D eigenvalue weighted by Crippen LogP contribution is 2.25. The largest absolute Gasteiger partial charge is 0.446 e. The van der Waals surface area contributed by atoms with Crippen LogP contribution in [0.4, 0.5) is 10.2 Å². The average Bonchev–Trinajstić information content (AvgIpc) is 3.24. The molecule has 1 aliphatic heterocycles. The van der Waals surface area contributed by atoms with Gasteiger partial charge in [-0.2, -0.15) is 0 Å². The molecule has 3 heterocycles. The second-order valence-corrected chi connectivity index (χ2v) is 5.94. The summed E-state index contributed by atoms with van der Waals surface area (Å²) in [5, 5.41) is 18.0. The summed E-state index contributed by atoms with van der Waals surface area (Å²) in [6.07, 6.45) is 1.82. The Balaban J connectivity index is 1.72. The number of halogens is 1. The van der Waals surface area contributed by atoms with Crippen LogP contribution in [-0.4, -0.2) is 47.0 Å². The minimum Gasteiger partial charge on any atom is -0.362 e. The maximum Gasteiger partial charge on any atom is 0.446 e. The molecule has 132 valence electrons. The maximum absolute atomic E-state index is 13.4. The van der Waals surface area contributed by atoms with Crippen LogP contribution in [-0.2, 0) is 0 Å². The topological polar surface area (TPSA) is 111 Å². The third-order valence-electron chi connectivity index (χ3n) is 4.22. The summed E-state index contributed by atoms with van der Waals surface area (Å²) in [6.45, 7) is 1.78. The number of anilines is 1. The summed E-state index contributed by atoms with van der Waals surface area (Å²) in [4.78, 5) is 12.1. The first-order valence-corrected chi connectivity index (χ1v) is 8.08. The Morgan fingerprint density at radius 3 is 2.85 bits per heavy atom. The molecule has 1 aromatic carbocycles. The van der Waals surface area contributed by atoms with Gasteiger partial charge >= 0.3 is 5.76 Å². The average molecular weight is 356 g/mol. The van der Waals surface area contributed by atoms with E-state index in [0.29, 0.717) is 11.5 Å². The van der Waals surface area contributed by atoms with Crippen LogP contribution in [0.2, 0.25) is 0 Å². The van der Waals surface area contributed by atoms with Crippen molar-refractivity contribution < 1.29 is 13.5 Å². The van der Waals surface area contributed by atoms with E-state index in [0.717, 1.165) is 36.6 Å². The maximum atomic E-state index is 13.4. The quantitative estimate of drug-likeness (QED) is 0.627. The summed E-state index contributed by atoms with van der Waals surface area (Å²) in [6, 6.07) is 4.05. The van der Waals surface area contributed by atoms with E-state index < -0.39 is 11.6 Å². The second-order valence-electron chi connectivity index (χ2n) is 5.94. The Labute approximate surface area is 147 Å². The van der Waals surface area contributed by atoms with E-state index in [1.54, 1.807) is 0 Å². The lowest BCUT2D eigenvalue weighted by molar-refractivity contribution is 0.309. The number of nitrogens with one attached hydrogen (secondary N) is 2. The highest BCUT2D eigenvalue weighted by atomic mass is 19.1. The summed E-state index contributed by atoms with van der Waals surface area (Å²) in [5.41, 5.74) is 0.408. The van der Waals surface area contributed by atoms with Crippen LogP contribution < -0.4 is 21.9 Å². The van der Waals surface area contributed by atoms with Crippen LogP contribution in [0.25, 0.3) is 17.2 Å². The van der Waals surface area contributed by atoms with Crippen molar-refractivity contribution in [3.63, 3.8) is 0 Å². The molecule has 4 rings (SSSR count). The van der Waals surface area contributed by atoms with Crippen molar-refractivity contribution in [3.8, 4) is 17.2 Å². The Bertz CT molecular complexity index is 978. The van der Waals surface area contributed by atoms with Crippen LogP contribution in [0.15, 0.2) is 32.1 Å². The number of benzene rings is 1. The minimum absolute atomic E-state index is 0.0821. The van der Waals surface area contributed by atoms with Gasteiger partial charge in [0.2, 0.25) is 11.6 Å². The van der Waals surface area contributed by atoms with Gasteiger partial charge in [0.25, 0.3) is 0 Å². The number of hydrogen-bond acceptors (Lipinski definition) is 8. The molecule has 0 saturated carbocycles. The molecular formula is C15H14BFN6O3. The summed E-state index contributed by atoms with van der Waals surface area (Å²) in [5.74, 6) is -0.911. The van der Waals surface area contributed by atoms with E-state index >= 15 is 0 Å². The van der Waals surface area contributed by atoms with Gasteiger partial charge in [-0.15, -0.1) is 0 Å². The van der Waals surface area contributed by atoms with E-state index in [9.17, 15) is 9.18 Å². The molecule has 26 heavy (non-hydrogen) atoms. The standard InChI is InChI=1S/C15H14BFN6O3/c16-10-7-9(1-2-11(10)17)23-14(22-25-15(23)24)12-13(21-26-20-12)19-8-3-5-18-6-4-8/h1-2,7-8,18H,3-6H2,(H,19,21). The van der Waals surface area contributed by atoms with Crippen molar-refractivity contribution in [2.24, 2.45) is 0 Å². The molecule has 0 atom stereocenters. The second kappa shape index (κ2) is 6.75. The van der Waals surface area contributed by atoms with Gasteiger partial charge in [0.05, 0.1) is 5.69 Å². The van der Waals surface area contributed by atoms with Crippen LogP contribution in [0.3, 0.4) is 0 Å². The van der Waals surface area contributed by atoms with Crippen molar-refractivity contribution in [1.29, 1.82) is 0 Å². The smallest absolute Gasteiger partial charge is 0.362 e. The van der Waals surface area contributed by atoms with Gasteiger partial charge in [-0.3, -0.25) is 4.52 Å². The normalized spacial score (nSPS) is 15.3. The Morgan fingerprint density at radius 2 is 2.08 bits per heavy atom. The van der Waals surface area contributed by atoms with Crippen molar-refractivity contribution in [2.75, 3.05) is 18.4 Å². The predicted molar refractivity (Wildman–Crippen MR) is 90.3 cm³/mol. The third-order valence-corrected chi connectivity index (χ3v) is 4.22. The van der Waals surface area contributed by atoms with Crippen molar-refractivity contribution >= 4 is 19.1 Å². The third kappa shape index (κ3) is 3.01. The highest BCUT2D eigenvalue weighted by Gasteiger charge is 2.25. The number of aromatic nitrogens is 4. The van der Waals surface area contributed by atoms with Crippen LogP contribution in [0.1, 0.15) is 12.8 Å². The Hall–Kier alpha value is -2.95. The molecule has 2 N–H and O–H groups in total. The molecule has 0 aliphatic carbocycles.